The molecule has 0 amide bonds. The maximum absolute atomic E-state index is 11.5. The van der Waals surface area contributed by atoms with Gasteiger partial charge in [0.15, 0.2) is 0 Å². The van der Waals surface area contributed by atoms with Gasteiger partial charge in [-0.3, -0.25) is 9.11 Å². The van der Waals surface area contributed by atoms with Crippen molar-refractivity contribution in [1.29, 1.82) is 10.5 Å². The van der Waals surface area contributed by atoms with Crippen molar-refractivity contribution in [3.05, 3.63) is 42.1 Å². The minimum absolute atomic E-state index is 0.0187. The molecule has 0 aromatic heterocycles. The third-order valence-electron chi connectivity index (χ3n) is 3.09. The Balaban J connectivity index is 2.72. The van der Waals surface area contributed by atoms with Crippen molar-refractivity contribution < 1.29 is 25.9 Å². The molecule has 2 aromatic carbocycles. The Labute approximate surface area is 142 Å². The first-order valence-electron chi connectivity index (χ1n) is 6.36. The summed E-state index contributed by atoms with van der Waals surface area (Å²) in [6.45, 7) is 0. The number of rotatable bonds is 4. The Morgan fingerprint density at radius 1 is 1.00 bits per heavy atom. The Morgan fingerprint density at radius 2 is 1.64 bits per heavy atom. The molecule has 0 spiro atoms. The second kappa shape index (κ2) is 6.51. The summed E-state index contributed by atoms with van der Waals surface area (Å²) in [6, 6.07) is 8.93. The maximum atomic E-state index is 11.5. The van der Waals surface area contributed by atoms with Gasteiger partial charge in [-0.15, -0.1) is 0 Å². The third kappa shape index (κ3) is 4.12. The van der Waals surface area contributed by atoms with Gasteiger partial charge < -0.3 is 5.32 Å². The van der Waals surface area contributed by atoms with Crippen LogP contribution >= 0.6 is 0 Å². The van der Waals surface area contributed by atoms with Crippen molar-refractivity contribution in [3.63, 3.8) is 0 Å². The minimum atomic E-state index is -4.75. The fourth-order valence-corrected chi connectivity index (χ4v) is 3.36. The van der Waals surface area contributed by atoms with Crippen molar-refractivity contribution in [2.24, 2.45) is 0 Å². The molecule has 0 aliphatic rings. The van der Waals surface area contributed by atoms with Gasteiger partial charge in [-0.25, -0.2) is 0 Å². The van der Waals surface area contributed by atoms with Crippen LogP contribution in [0.1, 0.15) is 0 Å². The van der Waals surface area contributed by atoms with Gasteiger partial charge in [0, 0.05) is 17.3 Å². The van der Waals surface area contributed by atoms with Crippen LogP contribution in [0.15, 0.2) is 51.9 Å². The van der Waals surface area contributed by atoms with Crippen molar-refractivity contribution in [2.75, 3.05) is 5.32 Å². The minimum Gasteiger partial charge on any atom is -0.360 e. The maximum Gasteiger partial charge on any atom is 0.295 e. The number of fused-ring (bicyclic) bond motifs is 1. The number of hydrogen-bond donors (Lipinski definition) is 3. The van der Waals surface area contributed by atoms with Crippen LogP contribution in [0.3, 0.4) is 0 Å². The number of nitrogens with zero attached hydrogens (tertiary/aromatic N) is 2. The first kappa shape index (κ1) is 18.4. The second-order valence-electron chi connectivity index (χ2n) is 4.73. The van der Waals surface area contributed by atoms with E-state index in [1.807, 2.05) is 0 Å². The van der Waals surface area contributed by atoms with Gasteiger partial charge in [-0.2, -0.15) is 27.4 Å². The average molecular weight is 379 g/mol. The molecule has 0 unspecified atom stereocenters. The van der Waals surface area contributed by atoms with Gasteiger partial charge in [-0.1, -0.05) is 6.07 Å². The Bertz CT molecular complexity index is 1170. The molecule has 128 valence electrons. The van der Waals surface area contributed by atoms with Crippen molar-refractivity contribution in [1.82, 2.24) is 0 Å². The number of nitrogens with one attached hydrogen (secondary N) is 1. The van der Waals surface area contributed by atoms with Gasteiger partial charge in [0.2, 0.25) is 0 Å². The molecule has 0 radical (unpaired) electrons. The van der Waals surface area contributed by atoms with Crippen molar-refractivity contribution in [2.45, 2.75) is 9.79 Å². The lowest BCUT2D eigenvalue weighted by molar-refractivity contribution is 0.482. The predicted octanol–water partition coefficient (Wildman–Crippen LogP) is 1.68. The molecule has 0 aliphatic carbocycles. The highest BCUT2D eigenvalue weighted by Crippen LogP contribution is 2.29. The summed E-state index contributed by atoms with van der Waals surface area (Å²) < 4.78 is 64.0. The van der Waals surface area contributed by atoms with E-state index in [1.165, 1.54) is 18.2 Å². The molecule has 0 heterocycles. The zero-order valence-corrected chi connectivity index (χ0v) is 13.8. The lowest BCUT2D eigenvalue weighted by atomic mass is 10.1. The van der Waals surface area contributed by atoms with Gasteiger partial charge in [0.1, 0.15) is 22.6 Å². The van der Waals surface area contributed by atoms with E-state index in [-0.39, 0.29) is 16.3 Å². The molecule has 11 heteroatoms. The average Bonchev–Trinajstić information content (AvgIpc) is 2.52. The molecule has 0 saturated heterocycles. The van der Waals surface area contributed by atoms with E-state index >= 15 is 0 Å². The highest BCUT2D eigenvalue weighted by atomic mass is 32.2. The number of benzene rings is 2. The highest BCUT2D eigenvalue weighted by Gasteiger charge is 2.20. The Hall–Kier alpha value is -2.96. The smallest absolute Gasteiger partial charge is 0.295 e. The highest BCUT2D eigenvalue weighted by molar-refractivity contribution is 7.86. The quantitative estimate of drug-likeness (QED) is 0.528. The first-order valence-corrected chi connectivity index (χ1v) is 9.24. The molecule has 2 rings (SSSR count). The largest absolute Gasteiger partial charge is 0.360 e. The Kier molecular flexibility index (Phi) is 4.78. The molecule has 0 aliphatic heterocycles. The SMILES string of the molecule is N#CC(C#N)=CNc1ccc2c(S(=O)(=O)O)cc(S(=O)(=O)O)cc2c1. The lowest BCUT2D eigenvalue weighted by Crippen LogP contribution is -2.04. The van der Waals surface area contributed by atoms with E-state index in [4.69, 9.17) is 15.1 Å². The first-order chi connectivity index (χ1) is 11.6. The fraction of sp³-hybridized carbons (Fsp3) is 0. The molecular weight excluding hydrogens is 370 g/mol. The van der Waals surface area contributed by atoms with E-state index in [0.29, 0.717) is 11.8 Å². The van der Waals surface area contributed by atoms with Crippen LogP contribution in [0.25, 0.3) is 10.8 Å². The van der Waals surface area contributed by atoms with Crippen molar-refractivity contribution >= 4 is 36.7 Å². The third-order valence-corrected chi connectivity index (χ3v) is 4.81. The summed E-state index contributed by atoms with van der Waals surface area (Å²) in [5.41, 5.74) is 0.0923. The van der Waals surface area contributed by atoms with Crippen LogP contribution in [-0.4, -0.2) is 25.9 Å². The normalized spacial score (nSPS) is 11.4. The summed E-state index contributed by atoms with van der Waals surface area (Å²) in [7, 11) is -9.47. The number of nitriles is 2. The summed E-state index contributed by atoms with van der Waals surface area (Å²) in [5.74, 6) is 0. The summed E-state index contributed by atoms with van der Waals surface area (Å²) in [5, 5.41) is 20.0. The van der Waals surface area contributed by atoms with Crippen LogP contribution in [0, 0.1) is 22.7 Å². The molecule has 0 saturated carbocycles. The molecule has 25 heavy (non-hydrogen) atoms. The van der Waals surface area contributed by atoms with Crippen LogP contribution in [0.5, 0.6) is 0 Å². The van der Waals surface area contributed by atoms with Crippen LogP contribution < -0.4 is 5.32 Å². The molecular formula is C14H9N3O6S2. The van der Waals surface area contributed by atoms with Gasteiger partial charge in [0.25, 0.3) is 20.2 Å². The van der Waals surface area contributed by atoms with Gasteiger partial charge >= 0.3 is 0 Å². The second-order valence-corrected chi connectivity index (χ2v) is 7.54. The van der Waals surface area contributed by atoms with Crippen LogP contribution in [-0.2, 0) is 20.2 Å². The standard InChI is InChI=1S/C14H9N3O6S2/c15-6-9(7-16)8-17-11-1-2-13-10(3-11)4-12(24(18,19)20)5-14(13)25(21,22)23/h1-5,8,17H,(H,18,19,20)(H,21,22,23). The monoisotopic (exact) mass is 379 g/mol. The van der Waals surface area contributed by atoms with E-state index in [9.17, 15) is 21.4 Å². The van der Waals surface area contributed by atoms with E-state index in [1.54, 1.807) is 12.1 Å². The summed E-state index contributed by atoms with van der Waals surface area (Å²) >= 11 is 0. The van der Waals surface area contributed by atoms with Gasteiger partial charge in [0.05, 0.1) is 4.90 Å². The van der Waals surface area contributed by atoms with E-state index in [0.717, 1.165) is 12.3 Å². The summed E-state index contributed by atoms with van der Waals surface area (Å²) in [6.07, 6.45) is 1.11. The zero-order valence-electron chi connectivity index (χ0n) is 12.2. The van der Waals surface area contributed by atoms with Crippen LogP contribution in [0.4, 0.5) is 5.69 Å². The molecule has 2 aromatic rings. The molecule has 0 atom stereocenters. The number of anilines is 1. The van der Waals surface area contributed by atoms with E-state index < -0.39 is 30.0 Å². The zero-order chi connectivity index (χ0) is 18.8. The molecule has 0 bridgehead atoms. The van der Waals surface area contributed by atoms with Gasteiger partial charge in [-0.05, 0) is 29.7 Å². The summed E-state index contributed by atoms with van der Waals surface area (Å²) in [4.78, 5) is -1.40. The molecule has 9 nitrogen and oxygen atoms in total. The fourth-order valence-electron chi connectivity index (χ4n) is 2.01. The molecule has 0 fully saturated rings. The van der Waals surface area contributed by atoms with Crippen molar-refractivity contribution in [3.8, 4) is 12.1 Å². The number of allylic oxidation sites excluding steroid dienone is 1. The number of hydrogen-bond acceptors (Lipinski definition) is 7. The van der Waals surface area contributed by atoms with E-state index in [2.05, 4.69) is 5.32 Å². The topological polar surface area (TPSA) is 168 Å². The predicted molar refractivity (Wildman–Crippen MR) is 86.5 cm³/mol. The Morgan fingerprint density at radius 3 is 2.16 bits per heavy atom. The lowest BCUT2D eigenvalue weighted by Gasteiger charge is -2.09. The molecule has 3 N–H and O–H groups in total. The van der Waals surface area contributed by atoms with Crippen LogP contribution in [0.2, 0.25) is 0 Å².